The minimum absolute atomic E-state index is 0.00269. The highest BCUT2D eigenvalue weighted by molar-refractivity contribution is 5.95. The Labute approximate surface area is 281 Å². The number of carbonyl (C=O) groups excluding carboxylic acids is 2. The molecule has 0 bridgehead atoms. The molecule has 2 heterocycles. The van der Waals surface area contributed by atoms with E-state index in [2.05, 4.69) is 25.4 Å². The molecule has 4 N–H and O–H groups in total. The molecule has 0 fully saturated rings. The lowest BCUT2D eigenvalue weighted by Gasteiger charge is -2.21. The molecule has 0 aliphatic carbocycles. The van der Waals surface area contributed by atoms with Gasteiger partial charge in [0.15, 0.2) is 17.4 Å². The normalized spacial score (nSPS) is 11.7. The second kappa shape index (κ2) is 16.3. The van der Waals surface area contributed by atoms with Crippen molar-refractivity contribution in [2.45, 2.75) is 26.8 Å². The molecular weight excluding hydrogens is 643 g/mol. The minimum atomic E-state index is -1.13. The van der Waals surface area contributed by atoms with Crippen LogP contribution in [0.15, 0.2) is 54.9 Å². The maximum Gasteiger partial charge on any atom is 0.325 e. The summed E-state index contributed by atoms with van der Waals surface area (Å²) in [4.78, 5) is 36.8. The van der Waals surface area contributed by atoms with Gasteiger partial charge in [-0.2, -0.15) is 4.98 Å². The van der Waals surface area contributed by atoms with Crippen LogP contribution in [0.4, 0.5) is 10.1 Å². The summed E-state index contributed by atoms with van der Waals surface area (Å²) >= 11 is 0. The largest absolute Gasteiger partial charge is 0.497 e. The Morgan fingerprint density at radius 1 is 1.06 bits per heavy atom. The van der Waals surface area contributed by atoms with Crippen molar-refractivity contribution in [1.29, 1.82) is 5.41 Å². The fraction of sp³-hybridized carbons (Fsp3) is 0.344. The van der Waals surface area contributed by atoms with Crippen molar-refractivity contribution >= 4 is 23.5 Å². The lowest BCUT2D eigenvalue weighted by Crippen LogP contribution is -2.32. The zero-order valence-electron chi connectivity index (χ0n) is 27.6. The van der Waals surface area contributed by atoms with E-state index in [4.69, 9.17) is 39.6 Å². The van der Waals surface area contributed by atoms with Crippen LogP contribution in [0.5, 0.6) is 17.5 Å². The van der Waals surface area contributed by atoms with E-state index >= 15 is 4.39 Å². The molecule has 1 atom stereocenters. The maximum atomic E-state index is 16.3. The van der Waals surface area contributed by atoms with E-state index in [0.29, 0.717) is 11.3 Å². The van der Waals surface area contributed by atoms with Crippen LogP contribution in [0.25, 0.3) is 5.95 Å². The molecule has 4 rings (SSSR count). The van der Waals surface area contributed by atoms with Crippen molar-refractivity contribution in [3.8, 4) is 23.5 Å². The molecule has 16 nitrogen and oxygen atoms in total. The third kappa shape index (κ3) is 9.38. The van der Waals surface area contributed by atoms with Gasteiger partial charge in [0.2, 0.25) is 6.79 Å². The molecule has 0 amide bonds. The summed E-state index contributed by atoms with van der Waals surface area (Å²) in [5.74, 6) is -1.90. The van der Waals surface area contributed by atoms with Gasteiger partial charge in [0.25, 0.3) is 5.95 Å². The molecule has 17 heteroatoms. The number of esters is 2. The Morgan fingerprint density at radius 3 is 2.41 bits per heavy atom. The maximum absolute atomic E-state index is 16.3. The summed E-state index contributed by atoms with van der Waals surface area (Å²) < 4.78 is 49.7. The molecule has 49 heavy (non-hydrogen) atoms. The van der Waals surface area contributed by atoms with Gasteiger partial charge in [-0.3, -0.25) is 15.0 Å². The number of carbonyl (C=O) groups is 2. The number of hydrogen-bond acceptors (Lipinski definition) is 14. The standard InChI is InChI=1S/C32H37FN8O8/c1-19(42)46-13-14-47-24-16-22(45-5)15-23(25(24)33)26(38-21-9-7-20(8-10-21)27(34)35)28-39-31(41(40-28)30-36-11-6-12-37-30)49-18-48-29(43)32(2,3)17-44-4/h6-12,15-16,26,38H,13-14,17-18H2,1-5H3,(H3,34,35). The zero-order chi connectivity index (χ0) is 35.6. The number of amidine groups is 1. The second-order valence-corrected chi connectivity index (χ2v) is 11.0. The van der Waals surface area contributed by atoms with Gasteiger partial charge < -0.3 is 39.5 Å². The van der Waals surface area contributed by atoms with Crippen LogP contribution in [0.2, 0.25) is 0 Å². The highest BCUT2D eigenvalue weighted by atomic mass is 19.1. The summed E-state index contributed by atoms with van der Waals surface area (Å²) in [7, 11) is 2.88. The van der Waals surface area contributed by atoms with E-state index in [1.54, 1.807) is 44.2 Å². The fourth-order valence-corrected chi connectivity index (χ4v) is 4.37. The number of methoxy groups -OCH3 is 2. The topological polar surface area (TPSA) is 208 Å². The number of hydrogen-bond donors (Lipinski definition) is 3. The summed E-state index contributed by atoms with van der Waals surface area (Å²) in [5.41, 5.74) is 5.64. The molecule has 0 spiro atoms. The van der Waals surface area contributed by atoms with Crippen LogP contribution in [-0.4, -0.2) is 83.3 Å². The summed E-state index contributed by atoms with van der Waals surface area (Å²) in [5, 5.41) is 15.5. The van der Waals surface area contributed by atoms with Gasteiger partial charge in [0, 0.05) is 49.3 Å². The summed E-state index contributed by atoms with van der Waals surface area (Å²) in [6, 6.07) is 9.62. The molecule has 0 aliphatic heterocycles. The number of benzene rings is 2. The Hall–Kier alpha value is -5.84. The highest BCUT2D eigenvalue weighted by Gasteiger charge is 2.31. The smallest absolute Gasteiger partial charge is 0.325 e. The summed E-state index contributed by atoms with van der Waals surface area (Å²) in [6.45, 7) is 3.90. The van der Waals surface area contributed by atoms with E-state index in [9.17, 15) is 9.59 Å². The second-order valence-electron chi connectivity index (χ2n) is 11.0. The van der Waals surface area contributed by atoms with Crippen molar-refractivity contribution in [1.82, 2.24) is 24.7 Å². The first-order valence-corrected chi connectivity index (χ1v) is 14.8. The van der Waals surface area contributed by atoms with Gasteiger partial charge in [-0.05, 0) is 50.2 Å². The molecule has 4 aromatic rings. The highest BCUT2D eigenvalue weighted by Crippen LogP contribution is 2.36. The van der Waals surface area contributed by atoms with Crippen LogP contribution in [0.3, 0.4) is 0 Å². The predicted molar refractivity (Wildman–Crippen MR) is 172 cm³/mol. The molecule has 0 saturated heterocycles. The zero-order valence-corrected chi connectivity index (χ0v) is 27.6. The number of nitrogen functional groups attached to an aromatic ring is 1. The van der Waals surface area contributed by atoms with Crippen LogP contribution in [0.1, 0.15) is 43.8 Å². The fourth-order valence-electron chi connectivity index (χ4n) is 4.37. The number of nitrogens with two attached hydrogens (primary N) is 1. The van der Waals surface area contributed by atoms with Crippen molar-refractivity contribution in [3.05, 3.63) is 77.6 Å². The predicted octanol–water partition coefficient (Wildman–Crippen LogP) is 3.18. The number of nitrogens with zero attached hydrogens (tertiary/aromatic N) is 5. The Morgan fingerprint density at radius 2 is 1.78 bits per heavy atom. The molecule has 2 aromatic heterocycles. The van der Waals surface area contributed by atoms with Gasteiger partial charge in [-0.1, -0.05) is 0 Å². The number of nitrogens with one attached hydrogen (secondary N) is 2. The van der Waals surface area contributed by atoms with Gasteiger partial charge in [0.1, 0.15) is 30.8 Å². The molecule has 260 valence electrons. The lowest BCUT2D eigenvalue weighted by molar-refractivity contribution is -0.163. The first kappa shape index (κ1) is 36.0. The first-order chi connectivity index (χ1) is 23.4. The molecule has 2 aromatic carbocycles. The third-order valence-corrected chi connectivity index (χ3v) is 6.77. The average molecular weight is 681 g/mol. The number of rotatable bonds is 17. The lowest BCUT2D eigenvalue weighted by atomic mass is 9.95. The van der Waals surface area contributed by atoms with Gasteiger partial charge >= 0.3 is 17.9 Å². The van der Waals surface area contributed by atoms with Gasteiger partial charge in [-0.15, -0.1) is 9.78 Å². The van der Waals surface area contributed by atoms with Crippen molar-refractivity contribution < 1.29 is 42.4 Å². The monoisotopic (exact) mass is 680 g/mol. The quantitative estimate of drug-likeness (QED) is 0.0481. The van der Waals surface area contributed by atoms with E-state index < -0.39 is 36.0 Å². The van der Waals surface area contributed by atoms with Crippen molar-refractivity contribution in [3.63, 3.8) is 0 Å². The minimum Gasteiger partial charge on any atom is -0.497 e. The Bertz CT molecular complexity index is 1750. The molecule has 0 aliphatic rings. The Kier molecular flexibility index (Phi) is 12.0. The number of halogens is 1. The van der Waals surface area contributed by atoms with E-state index in [-0.39, 0.29) is 60.5 Å². The van der Waals surface area contributed by atoms with E-state index in [1.165, 1.54) is 50.4 Å². The van der Waals surface area contributed by atoms with Crippen molar-refractivity contribution in [2.75, 3.05) is 46.1 Å². The molecule has 1 unspecified atom stereocenters. The van der Waals surface area contributed by atoms with Crippen LogP contribution in [-0.2, 0) is 23.8 Å². The van der Waals surface area contributed by atoms with Crippen LogP contribution in [0, 0.1) is 16.6 Å². The molecule has 0 radical (unpaired) electrons. The van der Waals surface area contributed by atoms with Crippen LogP contribution < -0.4 is 25.3 Å². The van der Waals surface area contributed by atoms with E-state index in [1.807, 2.05) is 0 Å². The average Bonchev–Trinajstić information content (AvgIpc) is 3.50. The third-order valence-electron chi connectivity index (χ3n) is 6.77. The van der Waals surface area contributed by atoms with Crippen molar-refractivity contribution in [2.24, 2.45) is 11.1 Å². The SMILES string of the molecule is COCC(C)(C)C(=O)OCOc1nc(C(Nc2ccc(C(=N)N)cc2)c2cc(OC)cc(OCCOC(C)=O)c2F)nn1-c1ncccn1. The molecular formula is C32H37FN8O8. The van der Waals surface area contributed by atoms with Gasteiger partial charge in [-0.25, -0.2) is 14.4 Å². The van der Waals surface area contributed by atoms with E-state index in [0.717, 1.165) is 0 Å². The van der Waals surface area contributed by atoms with Gasteiger partial charge in [0.05, 0.1) is 19.1 Å². The number of aromatic nitrogens is 5. The Balaban J connectivity index is 1.78. The van der Waals surface area contributed by atoms with Crippen LogP contribution >= 0.6 is 0 Å². The summed E-state index contributed by atoms with van der Waals surface area (Å²) in [6.07, 6.45) is 2.96. The first-order valence-electron chi connectivity index (χ1n) is 14.8. The number of anilines is 1. The molecule has 0 saturated carbocycles. The number of ether oxygens (including phenoxy) is 6.